The summed E-state index contributed by atoms with van der Waals surface area (Å²) in [6, 6.07) is 6.62. The Morgan fingerprint density at radius 3 is 2.71 bits per heavy atom. The van der Waals surface area contributed by atoms with Crippen molar-refractivity contribution in [3.8, 4) is 11.4 Å². The summed E-state index contributed by atoms with van der Waals surface area (Å²) in [7, 11) is -1.24. The van der Waals surface area contributed by atoms with E-state index in [-0.39, 0.29) is 23.6 Å². The van der Waals surface area contributed by atoms with Crippen LogP contribution in [0.2, 0.25) is 25.7 Å². The Balaban J connectivity index is 1.53. The second-order valence-electron chi connectivity index (χ2n) is 9.92. The maximum absolute atomic E-state index is 13.1. The molecule has 4 aromatic heterocycles. The van der Waals surface area contributed by atoms with Gasteiger partial charge in [-0.3, -0.25) is 9.36 Å². The molecule has 0 spiro atoms. The molecule has 1 aliphatic rings. The summed E-state index contributed by atoms with van der Waals surface area (Å²) in [5.74, 6) is 0.693. The molecule has 12 heteroatoms. The molecule has 0 saturated carbocycles. The minimum absolute atomic E-state index is 0.118. The fraction of sp³-hybridized carbons (Fsp3) is 0.435. The highest BCUT2D eigenvalue weighted by Crippen LogP contribution is 2.26. The average Bonchev–Trinajstić information content (AvgIpc) is 3.26. The van der Waals surface area contributed by atoms with Crippen molar-refractivity contribution in [2.24, 2.45) is 0 Å². The second kappa shape index (κ2) is 9.36. The summed E-state index contributed by atoms with van der Waals surface area (Å²) < 4.78 is 14.6. The fourth-order valence-electron chi connectivity index (χ4n) is 4.00. The number of nitrogens with two attached hydrogens (primary N) is 1. The molecule has 2 N–H and O–H groups in total. The van der Waals surface area contributed by atoms with Crippen LogP contribution in [0, 0.1) is 0 Å². The average molecular weight is 495 g/mol. The van der Waals surface area contributed by atoms with Gasteiger partial charge in [-0.15, -0.1) is 15.3 Å². The van der Waals surface area contributed by atoms with Crippen molar-refractivity contribution in [2.45, 2.75) is 32.4 Å². The lowest BCUT2D eigenvalue weighted by atomic mass is 10.1. The third-order valence-electron chi connectivity index (χ3n) is 6.01. The number of nitrogens with zero attached hydrogens (tertiary/aromatic N) is 7. The number of pyridine rings is 2. The number of nitrogen functional groups attached to an aromatic ring is 1. The predicted molar refractivity (Wildman–Crippen MR) is 137 cm³/mol. The number of ether oxygens (including phenoxy) is 2. The molecular weight excluding hydrogens is 464 g/mol. The van der Waals surface area contributed by atoms with Crippen molar-refractivity contribution in [3.05, 3.63) is 40.9 Å². The molecule has 0 atom stereocenters. The van der Waals surface area contributed by atoms with Gasteiger partial charge in [0.25, 0.3) is 5.56 Å². The highest BCUT2D eigenvalue weighted by Gasteiger charge is 2.18. The molecular formula is C23H30N8O3Si. The Morgan fingerprint density at radius 1 is 1.14 bits per heavy atom. The lowest BCUT2D eigenvalue weighted by molar-refractivity contribution is 0.0851. The highest BCUT2D eigenvalue weighted by atomic mass is 28.3. The molecule has 5 heterocycles. The smallest absolute Gasteiger partial charge is 0.280 e. The van der Waals surface area contributed by atoms with Crippen LogP contribution in [0.15, 0.2) is 35.4 Å². The van der Waals surface area contributed by atoms with Gasteiger partial charge in [0.1, 0.15) is 12.5 Å². The van der Waals surface area contributed by atoms with E-state index in [1.807, 2.05) is 18.3 Å². The summed E-state index contributed by atoms with van der Waals surface area (Å²) >= 11 is 0. The van der Waals surface area contributed by atoms with Gasteiger partial charge in [0.2, 0.25) is 0 Å². The zero-order valence-electron chi connectivity index (χ0n) is 20.3. The summed E-state index contributed by atoms with van der Waals surface area (Å²) in [6.45, 7) is 10.7. The number of aromatic nitrogens is 6. The van der Waals surface area contributed by atoms with E-state index in [2.05, 4.69) is 34.7 Å². The molecule has 0 radical (unpaired) electrons. The van der Waals surface area contributed by atoms with Gasteiger partial charge in [-0.1, -0.05) is 19.6 Å². The number of hydrogen-bond donors (Lipinski definition) is 1. The number of anilines is 2. The van der Waals surface area contributed by atoms with E-state index in [4.69, 9.17) is 25.3 Å². The highest BCUT2D eigenvalue weighted by molar-refractivity contribution is 6.76. The first kappa shape index (κ1) is 23.4. The van der Waals surface area contributed by atoms with Gasteiger partial charge in [0.05, 0.1) is 25.1 Å². The molecule has 5 rings (SSSR count). The number of hydrogen-bond acceptors (Lipinski definition) is 9. The van der Waals surface area contributed by atoms with Crippen LogP contribution in [0.25, 0.3) is 27.9 Å². The summed E-state index contributed by atoms with van der Waals surface area (Å²) in [5, 5.41) is 13.3. The van der Waals surface area contributed by atoms with E-state index in [0.717, 1.165) is 24.8 Å². The number of fused-ring (bicyclic) bond motifs is 2. The Kier molecular flexibility index (Phi) is 6.26. The maximum atomic E-state index is 13.1. The SMILES string of the molecule is C[Si](C)(C)CCOCn1cc(-c2nc3ccc(N4CCOCC4)cn3n2)c2cc(N)nnc2c1=O. The Hall–Kier alpha value is -3.35. The minimum Gasteiger partial charge on any atom is -0.382 e. The molecule has 1 aliphatic heterocycles. The normalized spacial score (nSPS) is 14.8. The van der Waals surface area contributed by atoms with E-state index in [9.17, 15) is 4.79 Å². The molecule has 11 nitrogen and oxygen atoms in total. The van der Waals surface area contributed by atoms with E-state index in [0.29, 0.717) is 42.2 Å². The fourth-order valence-corrected chi connectivity index (χ4v) is 4.76. The van der Waals surface area contributed by atoms with Crippen LogP contribution in [-0.4, -0.2) is 70.3 Å². The summed E-state index contributed by atoms with van der Waals surface area (Å²) in [6.07, 6.45) is 3.68. The standard InChI is InChI=1S/C23H30N8O3Si/c1-35(2,3)11-10-34-15-30-14-18(17-12-19(24)26-27-21(17)23(30)32)22-25-20-5-4-16(13-31(20)28-22)29-6-8-33-9-7-29/h4-5,12-14H,6-11,15H2,1-3H3,(H2,24,26). The van der Waals surface area contributed by atoms with E-state index in [1.165, 1.54) is 4.57 Å². The zero-order valence-corrected chi connectivity index (χ0v) is 21.3. The Labute approximate surface area is 203 Å². The summed E-state index contributed by atoms with van der Waals surface area (Å²) in [4.78, 5) is 20.1. The molecule has 0 amide bonds. The van der Waals surface area contributed by atoms with Crippen LogP contribution in [0.5, 0.6) is 0 Å². The lowest BCUT2D eigenvalue weighted by Gasteiger charge is -2.28. The minimum atomic E-state index is -1.24. The first-order chi connectivity index (χ1) is 16.8. The third-order valence-corrected chi connectivity index (χ3v) is 7.71. The van der Waals surface area contributed by atoms with Crippen LogP contribution >= 0.6 is 0 Å². The van der Waals surface area contributed by atoms with E-state index >= 15 is 0 Å². The maximum Gasteiger partial charge on any atom is 0.280 e. The molecule has 0 aliphatic carbocycles. The Morgan fingerprint density at radius 2 is 1.94 bits per heavy atom. The monoisotopic (exact) mass is 494 g/mol. The van der Waals surface area contributed by atoms with Gasteiger partial charge in [-0.25, -0.2) is 9.50 Å². The molecule has 35 heavy (non-hydrogen) atoms. The van der Waals surface area contributed by atoms with Crippen molar-refractivity contribution in [3.63, 3.8) is 0 Å². The molecule has 0 unspecified atom stereocenters. The number of morpholine rings is 1. The van der Waals surface area contributed by atoms with Crippen LogP contribution in [0.4, 0.5) is 11.5 Å². The van der Waals surface area contributed by atoms with Crippen LogP contribution in [0.1, 0.15) is 0 Å². The predicted octanol–water partition coefficient (Wildman–Crippen LogP) is 2.23. The largest absolute Gasteiger partial charge is 0.382 e. The molecule has 1 saturated heterocycles. The lowest BCUT2D eigenvalue weighted by Crippen LogP contribution is -2.36. The van der Waals surface area contributed by atoms with Gasteiger partial charge in [0.15, 0.2) is 17.0 Å². The molecule has 4 aromatic rings. The van der Waals surface area contributed by atoms with Crippen LogP contribution < -0.4 is 16.2 Å². The summed E-state index contributed by atoms with van der Waals surface area (Å²) in [5.41, 5.74) is 8.23. The van der Waals surface area contributed by atoms with Crippen molar-refractivity contribution in [1.29, 1.82) is 0 Å². The topological polar surface area (TPSA) is 126 Å². The third kappa shape index (κ3) is 5.04. The van der Waals surface area contributed by atoms with Crippen molar-refractivity contribution in [1.82, 2.24) is 29.4 Å². The quantitative estimate of drug-likeness (QED) is 0.304. The first-order valence-electron chi connectivity index (χ1n) is 11.7. The molecule has 1 fully saturated rings. The van der Waals surface area contributed by atoms with Gasteiger partial charge in [-0.2, -0.15) is 0 Å². The number of rotatable bonds is 7. The van der Waals surface area contributed by atoms with Crippen molar-refractivity contribution < 1.29 is 9.47 Å². The van der Waals surface area contributed by atoms with Crippen molar-refractivity contribution >= 4 is 36.1 Å². The molecule has 0 bridgehead atoms. The second-order valence-corrected chi connectivity index (χ2v) is 15.5. The van der Waals surface area contributed by atoms with Crippen LogP contribution in [0.3, 0.4) is 0 Å². The van der Waals surface area contributed by atoms with E-state index in [1.54, 1.807) is 16.8 Å². The van der Waals surface area contributed by atoms with Gasteiger partial charge >= 0.3 is 0 Å². The van der Waals surface area contributed by atoms with E-state index < -0.39 is 8.07 Å². The van der Waals surface area contributed by atoms with Gasteiger partial charge in [-0.05, 0) is 24.2 Å². The molecule has 0 aromatic carbocycles. The van der Waals surface area contributed by atoms with Crippen LogP contribution in [-0.2, 0) is 16.2 Å². The van der Waals surface area contributed by atoms with Gasteiger partial charge in [0, 0.05) is 44.9 Å². The first-order valence-corrected chi connectivity index (χ1v) is 15.4. The molecule has 184 valence electrons. The Bertz CT molecular complexity index is 1420. The zero-order chi connectivity index (χ0) is 24.6. The van der Waals surface area contributed by atoms with Gasteiger partial charge < -0.3 is 20.1 Å². The van der Waals surface area contributed by atoms with Crippen molar-refractivity contribution in [2.75, 3.05) is 43.5 Å².